The minimum Gasteiger partial charge on any atom is -0.378 e. The third-order valence-corrected chi connectivity index (χ3v) is 1.69. The second-order valence-corrected chi connectivity index (χ2v) is 3.43. The minimum atomic E-state index is 0.565. The van der Waals surface area contributed by atoms with Crippen molar-refractivity contribution >= 4 is 0 Å². The Labute approximate surface area is 74.9 Å². The molecule has 0 unspecified atom stereocenters. The second kappa shape index (κ2) is 6.03. The van der Waals surface area contributed by atoms with Gasteiger partial charge in [0.15, 0.2) is 0 Å². The second-order valence-electron chi connectivity index (χ2n) is 3.43. The van der Waals surface area contributed by atoms with Gasteiger partial charge in [0, 0.05) is 7.11 Å². The number of nitrogens with one attached hydrogen (secondary N) is 1. The van der Waals surface area contributed by atoms with Crippen LogP contribution in [0.25, 0.3) is 0 Å². The summed E-state index contributed by atoms with van der Waals surface area (Å²) in [5.74, 6) is 6.01. The molecule has 0 atom stereocenters. The van der Waals surface area contributed by atoms with Crippen LogP contribution in [-0.4, -0.2) is 13.7 Å². The van der Waals surface area contributed by atoms with Crippen LogP contribution in [-0.2, 0) is 4.74 Å². The van der Waals surface area contributed by atoms with Gasteiger partial charge >= 0.3 is 0 Å². The van der Waals surface area contributed by atoms with Crippen molar-refractivity contribution in [3.8, 4) is 0 Å². The fraction of sp³-hybridized carbons (Fsp3) is 0.778. The lowest BCUT2D eigenvalue weighted by Gasteiger charge is -2.12. The van der Waals surface area contributed by atoms with Gasteiger partial charge in [-0.15, -0.1) is 0 Å². The Bertz CT molecular complexity index is 153. The van der Waals surface area contributed by atoms with Crippen molar-refractivity contribution in [1.29, 1.82) is 0 Å². The van der Waals surface area contributed by atoms with E-state index in [1.165, 1.54) is 5.57 Å². The van der Waals surface area contributed by atoms with Crippen molar-refractivity contribution in [3.05, 3.63) is 11.3 Å². The molecule has 3 nitrogen and oxygen atoms in total. The lowest BCUT2D eigenvalue weighted by Crippen LogP contribution is -2.25. The predicted molar refractivity (Wildman–Crippen MR) is 51.4 cm³/mol. The highest BCUT2D eigenvalue weighted by molar-refractivity contribution is 5.10. The Morgan fingerprint density at radius 2 is 2.08 bits per heavy atom. The third-order valence-electron chi connectivity index (χ3n) is 1.69. The quantitative estimate of drug-likeness (QED) is 0.487. The molecule has 0 aromatic carbocycles. The molecule has 0 saturated carbocycles. The van der Waals surface area contributed by atoms with E-state index in [2.05, 4.69) is 26.2 Å². The summed E-state index contributed by atoms with van der Waals surface area (Å²) < 4.78 is 5.00. The summed E-state index contributed by atoms with van der Waals surface area (Å²) in [5, 5.41) is 0. The van der Waals surface area contributed by atoms with Gasteiger partial charge < -0.3 is 10.2 Å². The number of methoxy groups -OCH3 is 1. The maximum Gasteiger partial charge on any atom is 0.0871 e. The molecular weight excluding hydrogens is 152 g/mol. The minimum absolute atomic E-state index is 0.565. The maximum atomic E-state index is 5.35. The van der Waals surface area contributed by atoms with Gasteiger partial charge in [0.25, 0.3) is 0 Å². The highest BCUT2D eigenvalue weighted by Crippen LogP contribution is 2.12. The van der Waals surface area contributed by atoms with Crippen molar-refractivity contribution in [2.24, 2.45) is 11.8 Å². The zero-order valence-corrected chi connectivity index (χ0v) is 8.48. The maximum absolute atomic E-state index is 5.35. The van der Waals surface area contributed by atoms with E-state index in [0.717, 1.165) is 12.1 Å². The Morgan fingerprint density at radius 3 is 2.42 bits per heavy atom. The average molecular weight is 172 g/mol. The van der Waals surface area contributed by atoms with Gasteiger partial charge in [-0.2, -0.15) is 0 Å². The molecule has 0 heterocycles. The Balaban J connectivity index is 4.16. The molecule has 0 rings (SSSR count). The molecule has 0 spiro atoms. The number of hydrogen-bond donors (Lipinski definition) is 2. The first-order chi connectivity index (χ1) is 5.61. The molecule has 72 valence electrons. The van der Waals surface area contributed by atoms with Crippen LogP contribution in [0.15, 0.2) is 11.3 Å². The molecule has 0 radical (unpaired) electrons. The summed E-state index contributed by atoms with van der Waals surface area (Å²) in [7, 11) is 1.67. The lowest BCUT2D eigenvalue weighted by atomic mass is 10.0. The smallest absolute Gasteiger partial charge is 0.0871 e. The van der Waals surface area contributed by atoms with Gasteiger partial charge in [0.2, 0.25) is 0 Å². The number of rotatable bonds is 5. The van der Waals surface area contributed by atoms with Gasteiger partial charge in [0.1, 0.15) is 0 Å². The van der Waals surface area contributed by atoms with Crippen LogP contribution in [0, 0.1) is 5.92 Å². The molecule has 0 aliphatic carbocycles. The van der Waals surface area contributed by atoms with Gasteiger partial charge in [-0.1, -0.05) is 19.4 Å². The third kappa shape index (κ3) is 4.36. The molecule has 0 aromatic heterocycles. The average Bonchev–Trinajstić information content (AvgIpc) is 1.98. The fourth-order valence-corrected chi connectivity index (χ4v) is 1.17. The largest absolute Gasteiger partial charge is 0.378 e. The summed E-state index contributed by atoms with van der Waals surface area (Å²) >= 11 is 0. The van der Waals surface area contributed by atoms with Crippen LogP contribution in [0.2, 0.25) is 0 Å². The zero-order chi connectivity index (χ0) is 9.56. The van der Waals surface area contributed by atoms with Crippen molar-refractivity contribution in [3.63, 3.8) is 0 Å². The van der Waals surface area contributed by atoms with E-state index < -0.39 is 0 Å². The molecular formula is C9H20N2O. The number of allylic oxidation sites excluding steroid dienone is 1. The fourth-order valence-electron chi connectivity index (χ4n) is 1.17. The number of nitrogens with two attached hydrogens (primary N) is 1. The van der Waals surface area contributed by atoms with E-state index in [1.807, 2.05) is 0 Å². The first-order valence-corrected chi connectivity index (χ1v) is 4.26. The van der Waals surface area contributed by atoms with Gasteiger partial charge in [-0.3, -0.25) is 5.84 Å². The van der Waals surface area contributed by atoms with Gasteiger partial charge in [0.05, 0.1) is 12.3 Å². The Hall–Kier alpha value is -0.540. The summed E-state index contributed by atoms with van der Waals surface area (Å²) in [4.78, 5) is 0. The summed E-state index contributed by atoms with van der Waals surface area (Å²) in [6.07, 6.45) is 1.06. The highest BCUT2D eigenvalue weighted by Gasteiger charge is 2.02. The number of hydrazine groups is 1. The van der Waals surface area contributed by atoms with Crippen LogP contribution < -0.4 is 11.3 Å². The van der Waals surface area contributed by atoms with Crippen molar-refractivity contribution in [2.75, 3.05) is 13.7 Å². The van der Waals surface area contributed by atoms with Crippen LogP contribution in [0.1, 0.15) is 27.2 Å². The molecule has 0 saturated heterocycles. The molecule has 0 bridgehead atoms. The van der Waals surface area contributed by atoms with Crippen LogP contribution in [0.5, 0.6) is 0 Å². The highest BCUT2D eigenvalue weighted by atomic mass is 16.5. The molecule has 0 aliphatic rings. The van der Waals surface area contributed by atoms with E-state index in [4.69, 9.17) is 10.6 Å². The van der Waals surface area contributed by atoms with Crippen LogP contribution in [0.4, 0.5) is 0 Å². The lowest BCUT2D eigenvalue weighted by molar-refractivity contribution is 0.218. The molecule has 3 heteroatoms. The summed E-state index contributed by atoms with van der Waals surface area (Å²) in [6, 6.07) is 0. The molecule has 0 fully saturated rings. The normalized spacial score (nSPS) is 13.2. The zero-order valence-electron chi connectivity index (χ0n) is 8.48. The number of ether oxygens (including phenoxy) is 1. The van der Waals surface area contributed by atoms with Crippen molar-refractivity contribution < 1.29 is 4.74 Å². The summed E-state index contributed by atoms with van der Waals surface area (Å²) in [5.41, 5.74) is 4.93. The molecule has 0 aromatic rings. The van der Waals surface area contributed by atoms with E-state index in [9.17, 15) is 0 Å². The van der Waals surface area contributed by atoms with Crippen molar-refractivity contribution in [1.82, 2.24) is 5.43 Å². The van der Waals surface area contributed by atoms with Gasteiger partial charge in [-0.05, 0) is 19.3 Å². The molecule has 0 aliphatic heterocycles. The summed E-state index contributed by atoms with van der Waals surface area (Å²) in [6.45, 7) is 7.01. The van der Waals surface area contributed by atoms with E-state index in [0.29, 0.717) is 12.5 Å². The standard InChI is InChI=1S/C9H20N2O/c1-7(2)5-8(3)9(11-10)6-12-4/h7,11H,5-6,10H2,1-4H3/b9-8-. The van der Waals surface area contributed by atoms with Crippen LogP contribution in [0.3, 0.4) is 0 Å². The Morgan fingerprint density at radius 1 is 1.50 bits per heavy atom. The van der Waals surface area contributed by atoms with Gasteiger partial charge in [-0.25, -0.2) is 0 Å². The SMILES string of the molecule is COC/C(NN)=C(\C)CC(C)C. The van der Waals surface area contributed by atoms with E-state index in [-0.39, 0.29) is 0 Å². The first-order valence-electron chi connectivity index (χ1n) is 4.26. The predicted octanol–water partition coefficient (Wildman–Crippen LogP) is 1.42. The molecule has 3 N–H and O–H groups in total. The topological polar surface area (TPSA) is 47.3 Å². The van der Waals surface area contributed by atoms with E-state index in [1.54, 1.807) is 7.11 Å². The Kier molecular flexibility index (Phi) is 5.76. The van der Waals surface area contributed by atoms with Crippen molar-refractivity contribution in [2.45, 2.75) is 27.2 Å². The molecule has 0 amide bonds. The van der Waals surface area contributed by atoms with Crippen LogP contribution >= 0.6 is 0 Å². The first kappa shape index (κ1) is 11.5. The number of hydrogen-bond acceptors (Lipinski definition) is 3. The monoisotopic (exact) mass is 172 g/mol. The van der Waals surface area contributed by atoms with E-state index >= 15 is 0 Å². The molecule has 12 heavy (non-hydrogen) atoms.